The Morgan fingerprint density at radius 3 is 2.30 bits per heavy atom. The molecule has 2 heterocycles. The molecule has 1 spiro atoms. The second-order valence-corrected chi connectivity index (χ2v) is 8.80. The lowest BCUT2D eigenvalue weighted by atomic mass is 9.77. The Labute approximate surface area is 220 Å². The monoisotopic (exact) mass is 543 g/mol. The lowest BCUT2D eigenvalue weighted by Crippen LogP contribution is -2.53. The first-order chi connectivity index (χ1) is 17.8. The van der Waals surface area contributed by atoms with Crippen LogP contribution in [0.3, 0.4) is 0 Å². The molecule has 2 amide bonds. The second-order valence-electron chi connectivity index (χ2n) is 8.26. The molecular formula is C25H19Cl2N3O7. The number of ether oxygens (including phenoxy) is 2. The SMILES string of the molecule is O=C(CCl)NN(Cc1c(O)ccc2c1Oc1cc(O)ccc1C21OC(=O)c2ccccc21)NC(=O)CCl. The summed E-state index contributed by atoms with van der Waals surface area (Å²) in [5.41, 5.74) is 5.27. The Morgan fingerprint density at radius 1 is 0.919 bits per heavy atom. The Hall–Kier alpha value is -3.99. The van der Waals surface area contributed by atoms with Crippen LogP contribution in [0.15, 0.2) is 54.6 Å². The molecule has 2 aliphatic rings. The highest BCUT2D eigenvalue weighted by Gasteiger charge is 2.54. The van der Waals surface area contributed by atoms with Gasteiger partial charge in [0.15, 0.2) is 5.60 Å². The number of carbonyl (C=O) groups excluding carboxylic acids is 3. The average molecular weight is 544 g/mol. The van der Waals surface area contributed by atoms with Gasteiger partial charge in [-0.3, -0.25) is 20.4 Å². The molecule has 0 saturated heterocycles. The molecular weight excluding hydrogens is 525 g/mol. The summed E-state index contributed by atoms with van der Waals surface area (Å²) in [6.07, 6.45) is 0. The molecule has 12 heteroatoms. The van der Waals surface area contributed by atoms with Crippen LogP contribution in [0.25, 0.3) is 0 Å². The molecule has 0 saturated carbocycles. The molecule has 3 aromatic carbocycles. The molecule has 190 valence electrons. The number of phenolic OH excluding ortho intramolecular Hbond substituents is 2. The molecule has 37 heavy (non-hydrogen) atoms. The number of benzene rings is 3. The van der Waals surface area contributed by atoms with E-state index in [1.165, 1.54) is 18.2 Å². The van der Waals surface area contributed by atoms with Crippen molar-refractivity contribution in [2.24, 2.45) is 0 Å². The number of phenols is 2. The third kappa shape index (κ3) is 4.08. The van der Waals surface area contributed by atoms with Crippen LogP contribution in [0, 0.1) is 0 Å². The molecule has 0 aliphatic carbocycles. The zero-order chi connectivity index (χ0) is 26.3. The highest BCUT2D eigenvalue weighted by molar-refractivity contribution is 6.27. The van der Waals surface area contributed by atoms with Gasteiger partial charge in [0.2, 0.25) is 0 Å². The van der Waals surface area contributed by atoms with Crippen molar-refractivity contribution in [1.29, 1.82) is 0 Å². The van der Waals surface area contributed by atoms with Crippen molar-refractivity contribution < 1.29 is 34.1 Å². The molecule has 0 aromatic heterocycles. The van der Waals surface area contributed by atoms with Gasteiger partial charge in [-0.05, 0) is 30.3 Å². The fourth-order valence-electron chi connectivity index (χ4n) is 4.55. The fourth-order valence-corrected chi connectivity index (χ4v) is 4.67. The van der Waals surface area contributed by atoms with Crippen LogP contribution in [0.1, 0.15) is 32.6 Å². The maximum absolute atomic E-state index is 13.0. The number of amides is 2. The van der Waals surface area contributed by atoms with E-state index in [1.807, 2.05) is 0 Å². The van der Waals surface area contributed by atoms with E-state index in [0.29, 0.717) is 22.3 Å². The van der Waals surface area contributed by atoms with Crippen molar-refractivity contribution in [1.82, 2.24) is 16.0 Å². The van der Waals surface area contributed by atoms with Crippen LogP contribution in [0.2, 0.25) is 0 Å². The normalized spacial score (nSPS) is 16.9. The zero-order valence-corrected chi connectivity index (χ0v) is 20.5. The summed E-state index contributed by atoms with van der Waals surface area (Å²) >= 11 is 11.2. The molecule has 3 aromatic rings. The van der Waals surface area contributed by atoms with E-state index in [-0.39, 0.29) is 35.1 Å². The van der Waals surface area contributed by atoms with Crippen LogP contribution < -0.4 is 15.6 Å². The average Bonchev–Trinajstić information content (AvgIpc) is 3.18. The molecule has 0 radical (unpaired) electrons. The van der Waals surface area contributed by atoms with Gasteiger partial charge in [0, 0.05) is 22.8 Å². The van der Waals surface area contributed by atoms with E-state index in [0.717, 1.165) is 5.12 Å². The predicted octanol–water partition coefficient (Wildman–Crippen LogP) is 3.01. The van der Waals surface area contributed by atoms with Crippen molar-refractivity contribution >= 4 is 41.0 Å². The molecule has 2 aliphatic heterocycles. The minimum absolute atomic E-state index is 0.0953. The maximum atomic E-state index is 13.0. The van der Waals surface area contributed by atoms with Gasteiger partial charge in [0.25, 0.3) is 11.8 Å². The number of esters is 1. The summed E-state index contributed by atoms with van der Waals surface area (Å²) in [5, 5.41) is 22.0. The first-order valence-electron chi connectivity index (χ1n) is 11.0. The van der Waals surface area contributed by atoms with Gasteiger partial charge in [-0.15, -0.1) is 28.3 Å². The number of hydrogen-bond donors (Lipinski definition) is 4. The van der Waals surface area contributed by atoms with Crippen molar-refractivity contribution in [2.75, 3.05) is 11.8 Å². The first-order valence-corrected chi connectivity index (χ1v) is 12.0. The number of hydrogen-bond acceptors (Lipinski definition) is 8. The number of carbonyl (C=O) groups is 3. The van der Waals surface area contributed by atoms with Gasteiger partial charge in [-0.25, -0.2) is 4.79 Å². The molecule has 10 nitrogen and oxygen atoms in total. The molecule has 0 fully saturated rings. The number of aromatic hydroxyl groups is 2. The Bertz CT molecular complexity index is 1430. The smallest absolute Gasteiger partial charge is 0.340 e. The van der Waals surface area contributed by atoms with Crippen molar-refractivity contribution in [3.8, 4) is 23.0 Å². The number of alkyl halides is 2. The van der Waals surface area contributed by atoms with Gasteiger partial charge in [-0.2, -0.15) is 0 Å². The lowest BCUT2D eigenvalue weighted by molar-refractivity contribution is -0.131. The van der Waals surface area contributed by atoms with Gasteiger partial charge in [-0.1, -0.05) is 18.2 Å². The predicted molar refractivity (Wildman–Crippen MR) is 131 cm³/mol. The molecule has 4 N–H and O–H groups in total. The molecule has 0 bridgehead atoms. The van der Waals surface area contributed by atoms with Crippen LogP contribution in [0.5, 0.6) is 23.0 Å². The molecule has 1 atom stereocenters. The molecule has 1 unspecified atom stereocenters. The number of nitrogens with one attached hydrogen (secondary N) is 2. The Kier molecular flexibility index (Phi) is 6.32. The van der Waals surface area contributed by atoms with Crippen LogP contribution in [-0.2, 0) is 26.5 Å². The summed E-state index contributed by atoms with van der Waals surface area (Å²) in [7, 11) is 0. The quantitative estimate of drug-likeness (QED) is 0.211. The summed E-state index contributed by atoms with van der Waals surface area (Å²) in [5.74, 6) is -2.65. The van der Waals surface area contributed by atoms with Crippen molar-refractivity contribution in [3.63, 3.8) is 0 Å². The van der Waals surface area contributed by atoms with E-state index >= 15 is 0 Å². The summed E-state index contributed by atoms with van der Waals surface area (Å²) in [6, 6.07) is 14.3. The first kappa shape index (κ1) is 24.7. The van der Waals surface area contributed by atoms with Crippen LogP contribution in [0.4, 0.5) is 0 Å². The van der Waals surface area contributed by atoms with Crippen molar-refractivity contribution in [2.45, 2.75) is 12.1 Å². The minimum Gasteiger partial charge on any atom is -0.508 e. The lowest BCUT2D eigenvalue weighted by Gasteiger charge is -2.37. The number of rotatable bonds is 6. The topological polar surface area (TPSA) is 137 Å². The van der Waals surface area contributed by atoms with Gasteiger partial charge < -0.3 is 19.7 Å². The van der Waals surface area contributed by atoms with E-state index in [2.05, 4.69) is 10.9 Å². The largest absolute Gasteiger partial charge is 0.508 e. The van der Waals surface area contributed by atoms with Crippen LogP contribution >= 0.6 is 23.2 Å². The standard InChI is InChI=1S/C25H19Cl2N3O7/c26-10-21(33)28-30(29-22(34)11-27)12-15-19(32)8-7-18-23(15)36-20-9-13(31)5-6-17(20)25(18)16-4-2-1-3-14(16)24(35)37-25/h1-9,31-32H,10-12H2,(H,28,33)(H,29,34). The molecule has 5 rings (SSSR count). The van der Waals surface area contributed by atoms with Gasteiger partial charge >= 0.3 is 5.97 Å². The minimum atomic E-state index is -1.45. The number of nitrogens with zero attached hydrogens (tertiary/aromatic N) is 1. The van der Waals surface area contributed by atoms with E-state index < -0.39 is 35.1 Å². The van der Waals surface area contributed by atoms with Crippen LogP contribution in [-0.4, -0.2) is 44.9 Å². The highest BCUT2D eigenvalue weighted by Crippen LogP contribution is 2.58. The van der Waals surface area contributed by atoms with Gasteiger partial charge in [0.05, 0.1) is 17.7 Å². The Balaban J connectivity index is 1.70. The fraction of sp³-hybridized carbons (Fsp3) is 0.160. The third-order valence-corrected chi connectivity index (χ3v) is 6.51. The van der Waals surface area contributed by atoms with E-state index in [4.69, 9.17) is 32.7 Å². The number of halogens is 2. The van der Waals surface area contributed by atoms with E-state index in [1.54, 1.807) is 36.4 Å². The Morgan fingerprint density at radius 2 is 1.59 bits per heavy atom. The summed E-state index contributed by atoms with van der Waals surface area (Å²) in [6.45, 7) is -0.292. The second kappa shape index (κ2) is 9.47. The third-order valence-electron chi connectivity index (χ3n) is 6.02. The summed E-state index contributed by atoms with van der Waals surface area (Å²) in [4.78, 5) is 36.9. The maximum Gasteiger partial charge on any atom is 0.340 e. The van der Waals surface area contributed by atoms with E-state index in [9.17, 15) is 24.6 Å². The summed E-state index contributed by atoms with van der Waals surface area (Å²) < 4.78 is 12.2. The van der Waals surface area contributed by atoms with Crippen molar-refractivity contribution in [3.05, 3.63) is 82.4 Å². The number of fused-ring (bicyclic) bond motifs is 6. The number of hydrazine groups is 2. The zero-order valence-electron chi connectivity index (χ0n) is 19.0. The van der Waals surface area contributed by atoms with Gasteiger partial charge in [0.1, 0.15) is 34.8 Å². The highest BCUT2D eigenvalue weighted by atomic mass is 35.5.